The van der Waals surface area contributed by atoms with Gasteiger partial charge in [-0.25, -0.2) is 4.79 Å². The fraction of sp³-hybridized carbons (Fsp3) is 0.933. The summed E-state index contributed by atoms with van der Waals surface area (Å²) in [5.41, 5.74) is 0. The third-order valence-electron chi connectivity index (χ3n) is 4.73. The van der Waals surface area contributed by atoms with E-state index in [0.717, 1.165) is 65.2 Å². The largest absolute Gasteiger partial charge is 0.446 e. The second-order valence-corrected chi connectivity index (χ2v) is 6.30. The Balaban J connectivity index is 1.40. The molecule has 3 aliphatic rings. The Morgan fingerprint density at radius 2 is 1.85 bits per heavy atom. The van der Waals surface area contributed by atoms with Gasteiger partial charge in [-0.15, -0.1) is 0 Å². The summed E-state index contributed by atoms with van der Waals surface area (Å²) in [6.45, 7) is 6.58. The first-order valence-electron chi connectivity index (χ1n) is 8.07. The van der Waals surface area contributed by atoms with Crippen LogP contribution in [0.4, 0.5) is 4.79 Å². The molecule has 2 heterocycles. The molecule has 0 spiro atoms. The van der Waals surface area contributed by atoms with E-state index in [0.29, 0.717) is 5.92 Å². The Kier molecular flexibility index (Phi) is 4.78. The maximum absolute atomic E-state index is 12.1. The van der Waals surface area contributed by atoms with Crippen molar-refractivity contribution >= 4 is 6.09 Å². The Labute approximate surface area is 121 Å². The smallest absolute Gasteiger partial charge is 0.410 e. The molecule has 5 heteroatoms. The quantitative estimate of drug-likeness (QED) is 0.790. The molecule has 0 radical (unpaired) electrons. The summed E-state index contributed by atoms with van der Waals surface area (Å²) in [5, 5.41) is 0. The van der Waals surface area contributed by atoms with Crippen molar-refractivity contribution in [3.05, 3.63) is 0 Å². The predicted molar refractivity (Wildman–Crippen MR) is 75.7 cm³/mol. The molecule has 5 nitrogen and oxygen atoms in total. The summed E-state index contributed by atoms with van der Waals surface area (Å²) >= 11 is 0. The van der Waals surface area contributed by atoms with E-state index in [1.807, 2.05) is 4.90 Å². The first kappa shape index (κ1) is 14.1. The van der Waals surface area contributed by atoms with E-state index in [1.54, 1.807) is 0 Å². The summed E-state index contributed by atoms with van der Waals surface area (Å²) in [6.07, 6.45) is 5.72. The number of ether oxygens (including phenoxy) is 2. The summed E-state index contributed by atoms with van der Waals surface area (Å²) in [6, 6.07) is 0. The molecule has 3 rings (SSSR count). The maximum atomic E-state index is 12.1. The average molecular weight is 282 g/mol. The lowest BCUT2D eigenvalue weighted by Gasteiger charge is -2.29. The van der Waals surface area contributed by atoms with Gasteiger partial charge < -0.3 is 14.4 Å². The summed E-state index contributed by atoms with van der Waals surface area (Å²) in [7, 11) is 0. The molecule has 3 fully saturated rings. The van der Waals surface area contributed by atoms with Crippen LogP contribution >= 0.6 is 0 Å². The van der Waals surface area contributed by atoms with Crippen molar-refractivity contribution in [1.82, 2.24) is 9.80 Å². The zero-order chi connectivity index (χ0) is 13.8. The molecule has 2 aliphatic heterocycles. The number of carbonyl (C=O) groups is 1. The van der Waals surface area contributed by atoms with E-state index >= 15 is 0 Å². The molecule has 0 bridgehead atoms. The summed E-state index contributed by atoms with van der Waals surface area (Å²) < 4.78 is 11.0. The number of rotatable bonds is 3. The number of amides is 1. The van der Waals surface area contributed by atoms with Crippen LogP contribution in [0.2, 0.25) is 0 Å². The van der Waals surface area contributed by atoms with Crippen LogP contribution in [0.5, 0.6) is 0 Å². The van der Waals surface area contributed by atoms with Gasteiger partial charge in [-0.2, -0.15) is 0 Å². The van der Waals surface area contributed by atoms with Gasteiger partial charge in [-0.3, -0.25) is 4.90 Å². The highest BCUT2D eigenvalue weighted by molar-refractivity contribution is 5.68. The molecule has 0 aromatic rings. The van der Waals surface area contributed by atoms with E-state index in [9.17, 15) is 4.79 Å². The Hall–Kier alpha value is -0.810. The fourth-order valence-corrected chi connectivity index (χ4v) is 3.52. The number of likely N-dealkylation sites (tertiary alicyclic amines) is 1. The second kappa shape index (κ2) is 6.76. The second-order valence-electron chi connectivity index (χ2n) is 6.30. The topological polar surface area (TPSA) is 42.0 Å². The monoisotopic (exact) mass is 282 g/mol. The molecule has 0 aromatic carbocycles. The lowest BCUT2D eigenvalue weighted by Crippen LogP contribution is -2.40. The van der Waals surface area contributed by atoms with Crippen LogP contribution in [-0.2, 0) is 9.47 Å². The van der Waals surface area contributed by atoms with Gasteiger partial charge in [0.05, 0.1) is 13.2 Å². The average Bonchev–Trinajstić information content (AvgIpc) is 3.11. The van der Waals surface area contributed by atoms with Crippen LogP contribution in [0.15, 0.2) is 0 Å². The van der Waals surface area contributed by atoms with Crippen molar-refractivity contribution in [2.24, 2.45) is 5.92 Å². The highest BCUT2D eigenvalue weighted by atomic mass is 16.6. The van der Waals surface area contributed by atoms with Crippen molar-refractivity contribution in [1.29, 1.82) is 0 Å². The lowest BCUT2D eigenvalue weighted by molar-refractivity contribution is 0.0305. The van der Waals surface area contributed by atoms with E-state index in [4.69, 9.17) is 9.47 Å². The van der Waals surface area contributed by atoms with Crippen molar-refractivity contribution in [3.63, 3.8) is 0 Å². The highest BCUT2D eigenvalue weighted by Gasteiger charge is 2.30. The molecule has 0 N–H and O–H groups in total. The molecule has 1 saturated carbocycles. The minimum absolute atomic E-state index is 0.0821. The maximum Gasteiger partial charge on any atom is 0.410 e. The Morgan fingerprint density at radius 1 is 1.10 bits per heavy atom. The van der Waals surface area contributed by atoms with Crippen molar-refractivity contribution in [2.75, 3.05) is 45.9 Å². The van der Waals surface area contributed by atoms with E-state index in [1.165, 1.54) is 12.8 Å². The van der Waals surface area contributed by atoms with Crippen molar-refractivity contribution in [3.8, 4) is 0 Å². The molecule has 114 valence electrons. The van der Waals surface area contributed by atoms with Gasteiger partial charge in [0.1, 0.15) is 6.10 Å². The predicted octanol–water partition coefficient (Wildman–Crippen LogP) is 1.72. The molecule has 1 amide bonds. The van der Waals surface area contributed by atoms with Crippen molar-refractivity contribution in [2.45, 2.75) is 38.2 Å². The Bertz CT molecular complexity index is 325. The summed E-state index contributed by atoms with van der Waals surface area (Å²) in [5.74, 6) is 0.601. The zero-order valence-corrected chi connectivity index (χ0v) is 12.3. The lowest BCUT2D eigenvalue weighted by atomic mass is 10.1. The third-order valence-corrected chi connectivity index (χ3v) is 4.73. The molecule has 2 saturated heterocycles. The number of nitrogens with zero attached hydrogens (tertiary/aromatic N) is 2. The van der Waals surface area contributed by atoms with Crippen LogP contribution in [0, 0.1) is 5.92 Å². The van der Waals surface area contributed by atoms with Crippen molar-refractivity contribution < 1.29 is 14.3 Å². The molecule has 20 heavy (non-hydrogen) atoms. The SMILES string of the molecule is O=C(OC1CCCC1)N1CC[C@@H](CN2CCOCC2)C1. The van der Waals surface area contributed by atoms with Gasteiger partial charge >= 0.3 is 6.09 Å². The molecule has 0 aromatic heterocycles. The first-order valence-corrected chi connectivity index (χ1v) is 8.07. The molecule has 1 aliphatic carbocycles. The molecule has 1 atom stereocenters. The molecular formula is C15H26N2O3. The zero-order valence-electron chi connectivity index (χ0n) is 12.3. The minimum Gasteiger partial charge on any atom is -0.446 e. The number of morpholine rings is 1. The number of hydrogen-bond acceptors (Lipinski definition) is 4. The van der Waals surface area contributed by atoms with Gasteiger partial charge in [0.15, 0.2) is 0 Å². The van der Waals surface area contributed by atoms with E-state index in [-0.39, 0.29) is 12.2 Å². The van der Waals surface area contributed by atoms with Crippen LogP contribution in [0.1, 0.15) is 32.1 Å². The van der Waals surface area contributed by atoms with Crippen LogP contribution in [-0.4, -0.2) is 67.9 Å². The third kappa shape index (κ3) is 3.64. The molecule has 0 unspecified atom stereocenters. The van der Waals surface area contributed by atoms with Crippen LogP contribution in [0.3, 0.4) is 0 Å². The van der Waals surface area contributed by atoms with Gasteiger partial charge in [-0.05, 0) is 38.0 Å². The Morgan fingerprint density at radius 3 is 2.60 bits per heavy atom. The highest BCUT2D eigenvalue weighted by Crippen LogP contribution is 2.24. The van der Waals surface area contributed by atoms with Crippen LogP contribution in [0.25, 0.3) is 0 Å². The number of carbonyl (C=O) groups excluding carboxylic acids is 1. The first-order chi connectivity index (χ1) is 9.81. The van der Waals surface area contributed by atoms with E-state index < -0.39 is 0 Å². The van der Waals surface area contributed by atoms with Gasteiger partial charge in [-0.1, -0.05) is 0 Å². The molecular weight excluding hydrogens is 256 g/mol. The number of hydrogen-bond donors (Lipinski definition) is 0. The normalized spacial score (nSPS) is 29.0. The fourth-order valence-electron chi connectivity index (χ4n) is 3.52. The van der Waals surface area contributed by atoms with E-state index in [2.05, 4.69) is 4.90 Å². The standard InChI is InChI=1S/C15H26N2O3/c18-15(20-14-3-1-2-4-14)17-6-5-13(12-17)11-16-7-9-19-10-8-16/h13-14H,1-12H2/t13-/m0/s1. The van der Waals surface area contributed by atoms with Gasteiger partial charge in [0, 0.05) is 32.7 Å². The van der Waals surface area contributed by atoms with Gasteiger partial charge in [0.2, 0.25) is 0 Å². The van der Waals surface area contributed by atoms with Gasteiger partial charge in [0.25, 0.3) is 0 Å². The van der Waals surface area contributed by atoms with Crippen LogP contribution < -0.4 is 0 Å². The summed E-state index contributed by atoms with van der Waals surface area (Å²) in [4.78, 5) is 16.5. The minimum atomic E-state index is -0.0821.